The third-order valence-corrected chi connectivity index (χ3v) is 6.54. The predicted molar refractivity (Wildman–Crippen MR) is 148 cm³/mol. The molecule has 0 saturated heterocycles. The maximum absolute atomic E-state index is 12.8. The lowest BCUT2D eigenvalue weighted by molar-refractivity contribution is -0.146. The minimum absolute atomic E-state index is 0.0635. The van der Waals surface area contributed by atoms with E-state index in [1.807, 2.05) is 37.3 Å². The molecule has 0 amide bonds. The second-order valence-electron chi connectivity index (χ2n) is 8.85. The number of hydrogen-bond acceptors (Lipinski definition) is 9. The molecule has 0 heterocycles. The first-order valence-electron chi connectivity index (χ1n) is 12.7. The number of esters is 2. The Morgan fingerprint density at radius 2 is 1.57 bits per heavy atom. The molecule has 0 unspecified atom stereocenters. The molecule has 3 N–H and O–H groups in total. The summed E-state index contributed by atoms with van der Waals surface area (Å²) in [6, 6.07) is 20.1. The van der Waals surface area contributed by atoms with Crippen molar-refractivity contribution in [3.63, 3.8) is 0 Å². The van der Waals surface area contributed by atoms with Crippen LogP contribution in [-0.4, -0.2) is 39.3 Å². The van der Waals surface area contributed by atoms with Gasteiger partial charge in [0.1, 0.15) is 23.9 Å². The van der Waals surface area contributed by atoms with Crippen molar-refractivity contribution < 1.29 is 37.0 Å². The fourth-order valence-corrected chi connectivity index (χ4v) is 4.23. The summed E-state index contributed by atoms with van der Waals surface area (Å²) in [6.07, 6.45) is 1.28. The number of carbonyl (C=O) groups excluding carboxylic acids is 3. The number of unbranched alkanes of at least 4 members (excludes halogenated alkanes) is 1. The van der Waals surface area contributed by atoms with Crippen LogP contribution in [0.15, 0.2) is 77.7 Å². The van der Waals surface area contributed by atoms with Gasteiger partial charge in [-0.3, -0.25) is 9.59 Å². The molecule has 0 saturated carbocycles. The second-order valence-corrected chi connectivity index (χ2v) is 10.4. The Morgan fingerprint density at radius 3 is 2.23 bits per heavy atom. The van der Waals surface area contributed by atoms with E-state index < -0.39 is 39.2 Å². The van der Waals surface area contributed by atoms with Gasteiger partial charge in [0.25, 0.3) is 0 Å². The van der Waals surface area contributed by atoms with E-state index in [-0.39, 0.29) is 36.4 Å². The molecule has 0 atom stereocenters. The molecule has 212 valence electrons. The summed E-state index contributed by atoms with van der Waals surface area (Å²) in [4.78, 5) is 36.6. The van der Waals surface area contributed by atoms with Crippen LogP contribution in [0.2, 0.25) is 0 Å². The number of Topliss-reactive ketones (excluding diaryl/α,β-unsaturated/α-hetero) is 1. The number of ketones is 1. The van der Waals surface area contributed by atoms with Crippen molar-refractivity contribution >= 4 is 33.4 Å². The number of nitrogens with one attached hydrogen (secondary N) is 1. The number of sulfonamides is 1. The molecule has 0 spiro atoms. The molecular formula is C29H32N2O8S. The molecule has 3 aromatic carbocycles. The molecule has 3 rings (SSSR count). The Kier molecular flexibility index (Phi) is 11.2. The summed E-state index contributed by atoms with van der Waals surface area (Å²) in [5, 5.41) is 8.56. The van der Waals surface area contributed by atoms with Crippen LogP contribution in [0, 0.1) is 0 Å². The van der Waals surface area contributed by atoms with Crippen LogP contribution in [0.1, 0.15) is 48.5 Å². The van der Waals surface area contributed by atoms with Gasteiger partial charge >= 0.3 is 11.9 Å². The van der Waals surface area contributed by atoms with Gasteiger partial charge in [0.15, 0.2) is 11.5 Å². The van der Waals surface area contributed by atoms with E-state index in [0.29, 0.717) is 12.3 Å². The molecule has 40 heavy (non-hydrogen) atoms. The molecule has 10 nitrogen and oxygen atoms in total. The molecule has 0 fully saturated rings. The van der Waals surface area contributed by atoms with E-state index in [9.17, 15) is 22.8 Å². The number of benzene rings is 3. The zero-order valence-corrected chi connectivity index (χ0v) is 22.9. The van der Waals surface area contributed by atoms with Gasteiger partial charge in [0.05, 0.1) is 17.7 Å². The summed E-state index contributed by atoms with van der Waals surface area (Å²) in [5.74, 6) is -1.68. The fourth-order valence-electron chi connectivity index (χ4n) is 3.53. The Balaban J connectivity index is 1.68. The molecule has 0 bridgehead atoms. The van der Waals surface area contributed by atoms with Gasteiger partial charge in [-0.25, -0.2) is 18.4 Å². The number of nitrogens with two attached hydrogens (primary N) is 1. The summed E-state index contributed by atoms with van der Waals surface area (Å²) in [5.41, 5.74) is 0.903. The number of anilines is 1. The second kappa shape index (κ2) is 14.8. The summed E-state index contributed by atoms with van der Waals surface area (Å²) < 4.78 is 41.1. The number of primary sulfonamides is 1. The van der Waals surface area contributed by atoms with Crippen molar-refractivity contribution in [2.24, 2.45) is 5.14 Å². The lowest BCUT2D eigenvalue weighted by Crippen LogP contribution is -2.18. The smallest absolute Gasteiger partial charge is 0.338 e. The number of hydrogen-bond donors (Lipinski definition) is 2. The van der Waals surface area contributed by atoms with Gasteiger partial charge in [-0.2, -0.15) is 0 Å². The van der Waals surface area contributed by atoms with E-state index >= 15 is 0 Å². The van der Waals surface area contributed by atoms with Crippen LogP contribution in [0.4, 0.5) is 5.69 Å². The summed E-state index contributed by atoms with van der Waals surface area (Å²) in [6.45, 7) is 1.96. The highest BCUT2D eigenvalue weighted by molar-refractivity contribution is 7.89. The molecular weight excluding hydrogens is 536 g/mol. The predicted octanol–water partition coefficient (Wildman–Crippen LogP) is 4.59. The Bertz CT molecular complexity index is 1410. The molecule has 0 aliphatic carbocycles. The average molecular weight is 569 g/mol. The standard InChI is InChI=1S/C29H32N2O8S/c1-2-3-16-31-25-17-22(18-26(40(30,35)36)28(25)39-24-12-8-5-9-13-24)29(34)38-20-23(32)14-15-27(33)37-19-21-10-6-4-7-11-21/h4-13,17-18,31H,2-3,14-16,19-20H2,1H3,(H2,30,35,36). The molecule has 0 radical (unpaired) electrons. The van der Waals surface area contributed by atoms with Crippen LogP contribution >= 0.6 is 0 Å². The van der Waals surface area contributed by atoms with Crippen LogP contribution < -0.4 is 15.2 Å². The van der Waals surface area contributed by atoms with Crippen LogP contribution in [0.25, 0.3) is 0 Å². The van der Waals surface area contributed by atoms with Gasteiger partial charge in [0, 0.05) is 13.0 Å². The quantitative estimate of drug-likeness (QED) is 0.198. The van der Waals surface area contributed by atoms with E-state index in [1.54, 1.807) is 30.3 Å². The first-order chi connectivity index (χ1) is 19.2. The third kappa shape index (κ3) is 9.51. The maximum Gasteiger partial charge on any atom is 0.338 e. The van der Waals surface area contributed by atoms with Crippen molar-refractivity contribution in [2.45, 2.75) is 44.1 Å². The van der Waals surface area contributed by atoms with Crippen molar-refractivity contribution in [1.82, 2.24) is 0 Å². The van der Waals surface area contributed by atoms with Gasteiger partial charge in [0.2, 0.25) is 10.0 Å². The highest BCUT2D eigenvalue weighted by Crippen LogP contribution is 2.37. The molecule has 3 aromatic rings. The number of ether oxygens (including phenoxy) is 3. The minimum atomic E-state index is -4.33. The Morgan fingerprint density at radius 1 is 0.900 bits per heavy atom. The van der Waals surface area contributed by atoms with E-state index in [1.165, 1.54) is 6.07 Å². The first-order valence-corrected chi connectivity index (χ1v) is 14.3. The lowest BCUT2D eigenvalue weighted by atomic mass is 10.1. The molecule has 0 aromatic heterocycles. The van der Waals surface area contributed by atoms with E-state index in [2.05, 4.69) is 5.32 Å². The van der Waals surface area contributed by atoms with Crippen LogP contribution in [0.3, 0.4) is 0 Å². The van der Waals surface area contributed by atoms with Crippen LogP contribution in [-0.2, 0) is 35.7 Å². The van der Waals surface area contributed by atoms with E-state index in [4.69, 9.17) is 19.3 Å². The molecule has 0 aliphatic heterocycles. The summed E-state index contributed by atoms with van der Waals surface area (Å²) in [7, 11) is -4.33. The highest BCUT2D eigenvalue weighted by Gasteiger charge is 2.24. The first kappa shape index (κ1) is 30.3. The van der Waals surface area contributed by atoms with Gasteiger partial charge in [-0.1, -0.05) is 61.9 Å². The van der Waals surface area contributed by atoms with Crippen LogP contribution in [0.5, 0.6) is 11.5 Å². The van der Waals surface area contributed by atoms with Gasteiger partial charge in [-0.05, 0) is 36.2 Å². The normalized spacial score (nSPS) is 10.9. The third-order valence-electron chi connectivity index (χ3n) is 5.62. The fraction of sp³-hybridized carbons (Fsp3) is 0.276. The van der Waals surface area contributed by atoms with Crippen molar-refractivity contribution in [2.75, 3.05) is 18.5 Å². The zero-order chi connectivity index (χ0) is 29.0. The zero-order valence-electron chi connectivity index (χ0n) is 22.1. The number of rotatable bonds is 15. The van der Waals surface area contributed by atoms with Gasteiger partial charge < -0.3 is 19.5 Å². The SMILES string of the molecule is CCCCNc1cc(C(=O)OCC(=O)CCC(=O)OCc2ccccc2)cc(S(N)(=O)=O)c1Oc1ccccc1. The topological polar surface area (TPSA) is 151 Å². The van der Waals surface area contributed by atoms with E-state index in [0.717, 1.165) is 24.5 Å². The minimum Gasteiger partial charge on any atom is -0.461 e. The summed E-state index contributed by atoms with van der Waals surface area (Å²) >= 11 is 0. The highest BCUT2D eigenvalue weighted by atomic mass is 32.2. The largest absolute Gasteiger partial charge is 0.461 e. The monoisotopic (exact) mass is 568 g/mol. The molecule has 11 heteroatoms. The Labute approximate surface area is 233 Å². The average Bonchev–Trinajstić information content (AvgIpc) is 2.95. The van der Waals surface area contributed by atoms with Gasteiger partial charge in [-0.15, -0.1) is 0 Å². The molecule has 0 aliphatic rings. The van der Waals surface area contributed by atoms with Crippen molar-refractivity contribution in [1.29, 1.82) is 0 Å². The number of para-hydroxylation sites is 1. The number of carbonyl (C=O) groups is 3. The van der Waals surface area contributed by atoms with Crippen molar-refractivity contribution in [3.8, 4) is 11.5 Å². The van der Waals surface area contributed by atoms with Crippen molar-refractivity contribution in [3.05, 3.63) is 83.9 Å². The maximum atomic E-state index is 12.8. The Hall–Kier alpha value is -4.22. The lowest BCUT2D eigenvalue weighted by Gasteiger charge is -2.17.